The van der Waals surface area contributed by atoms with E-state index in [1.165, 1.54) is 32.9 Å². The maximum absolute atomic E-state index is 13.9. The van der Waals surface area contributed by atoms with E-state index in [1.807, 2.05) is 0 Å². The van der Waals surface area contributed by atoms with Crippen molar-refractivity contribution in [2.75, 3.05) is 0 Å². The summed E-state index contributed by atoms with van der Waals surface area (Å²) < 4.78 is 18.6. The lowest BCUT2D eigenvalue weighted by Gasteiger charge is -2.29. The molecular weight excluding hydrogens is 688 g/mol. The highest BCUT2D eigenvalue weighted by Gasteiger charge is 2.56. The SMILES string of the molecule is CC(=O)C1=C(O)C=C2Oc3c(C(C)=O)c(OC(=O)c4ccccc4Br)c(C)c(OC(=O)c4ccccc4Br)c3[C@@]2(C)C1=O. The van der Waals surface area contributed by atoms with Crippen LogP contribution < -0.4 is 14.2 Å². The van der Waals surface area contributed by atoms with Crippen LogP contribution in [0, 0.1) is 6.92 Å². The van der Waals surface area contributed by atoms with Crippen molar-refractivity contribution in [2.24, 2.45) is 0 Å². The summed E-state index contributed by atoms with van der Waals surface area (Å²) in [5.41, 5.74) is -2.13. The minimum absolute atomic E-state index is 0.0289. The molecule has 43 heavy (non-hydrogen) atoms. The quantitative estimate of drug-likeness (QED) is 0.129. The molecule has 218 valence electrons. The largest absolute Gasteiger partial charge is 0.507 e. The Hall–Kier alpha value is -4.35. The van der Waals surface area contributed by atoms with Gasteiger partial charge in [-0.15, -0.1) is 0 Å². The molecule has 1 aliphatic carbocycles. The molecule has 1 aliphatic heterocycles. The number of carbonyl (C=O) groups excluding carboxylic acids is 5. The molecule has 11 heteroatoms. The maximum Gasteiger partial charge on any atom is 0.344 e. The van der Waals surface area contributed by atoms with Crippen molar-refractivity contribution < 1.29 is 43.3 Å². The number of ketones is 3. The summed E-state index contributed by atoms with van der Waals surface area (Å²) in [5, 5.41) is 10.6. The third-order valence-electron chi connectivity index (χ3n) is 7.28. The molecule has 1 N–H and O–H groups in total. The lowest BCUT2D eigenvalue weighted by molar-refractivity contribution is -0.123. The zero-order valence-corrected chi connectivity index (χ0v) is 26.3. The van der Waals surface area contributed by atoms with Gasteiger partial charge in [-0.05, 0) is 83.8 Å². The average Bonchev–Trinajstić information content (AvgIpc) is 3.23. The van der Waals surface area contributed by atoms with Crippen LogP contribution in [-0.2, 0) is 15.0 Å². The Labute approximate surface area is 262 Å². The molecule has 0 aromatic heterocycles. The molecule has 3 aromatic carbocycles. The number of ether oxygens (including phenoxy) is 3. The van der Waals surface area contributed by atoms with E-state index in [4.69, 9.17) is 14.2 Å². The second-order valence-corrected chi connectivity index (χ2v) is 11.7. The lowest BCUT2D eigenvalue weighted by atomic mass is 9.70. The maximum atomic E-state index is 13.9. The van der Waals surface area contributed by atoms with Crippen molar-refractivity contribution in [3.05, 3.63) is 108 Å². The summed E-state index contributed by atoms with van der Waals surface area (Å²) in [7, 11) is 0. The Balaban J connectivity index is 1.79. The first kappa shape index (κ1) is 30.1. The zero-order chi connectivity index (χ0) is 31.4. The molecule has 0 unspecified atom stereocenters. The summed E-state index contributed by atoms with van der Waals surface area (Å²) in [5.74, 6) is -5.13. The van der Waals surface area contributed by atoms with Crippen molar-refractivity contribution in [2.45, 2.75) is 33.1 Å². The van der Waals surface area contributed by atoms with Crippen molar-refractivity contribution in [3.8, 4) is 17.2 Å². The normalized spacial score (nSPS) is 17.0. The highest BCUT2D eigenvalue weighted by molar-refractivity contribution is 9.10. The van der Waals surface area contributed by atoms with Crippen LogP contribution in [0.5, 0.6) is 17.2 Å². The second kappa shape index (κ2) is 11.1. The number of esters is 2. The number of rotatable bonds is 6. The van der Waals surface area contributed by atoms with E-state index in [0.717, 1.165) is 13.0 Å². The first-order chi connectivity index (χ1) is 20.3. The fourth-order valence-electron chi connectivity index (χ4n) is 5.13. The van der Waals surface area contributed by atoms with E-state index in [2.05, 4.69) is 31.9 Å². The molecule has 0 saturated heterocycles. The third kappa shape index (κ3) is 4.82. The number of halogens is 2. The standard InChI is InChI=1S/C32H22Br2O9/c1-14-26(42-30(39)17-9-5-7-11-19(17)33)24(16(3)36)28-25(27(14)43-31(40)18-10-6-8-12-20(18)34)32(4)22(41-28)13-21(37)23(15(2)35)29(32)38/h5-13,37H,1-4H3/t32-/m0/s1. The summed E-state index contributed by atoms with van der Waals surface area (Å²) >= 11 is 6.65. The Morgan fingerprint density at radius 1 is 0.837 bits per heavy atom. The van der Waals surface area contributed by atoms with E-state index >= 15 is 0 Å². The molecule has 0 fully saturated rings. The molecule has 9 nitrogen and oxygen atoms in total. The molecule has 1 heterocycles. The third-order valence-corrected chi connectivity index (χ3v) is 8.66. The molecule has 2 aliphatic rings. The first-order valence-electron chi connectivity index (χ1n) is 12.8. The zero-order valence-electron chi connectivity index (χ0n) is 23.2. The summed E-state index contributed by atoms with van der Waals surface area (Å²) in [4.78, 5) is 66.3. The van der Waals surface area contributed by atoms with Crippen LogP contribution in [0.15, 0.2) is 80.6 Å². The van der Waals surface area contributed by atoms with Gasteiger partial charge in [-0.2, -0.15) is 0 Å². The number of hydrogen-bond acceptors (Lipinski definition) is 9. The van der Waals surface area contributed by atoms with Gasteiger partial charge >= 0.3 is 11.9 Å². The van der Waals surface area contributed by atoms with Crippen LogP contribution in [0.4, 0.5) is 0 Å². The van der Waals surface area contributed by atoms with Crippen LogP contribution in [0.1, 0.15) is 63.0 Å². The number of aliphatic hydroxyl groups excluding tert-OH is 1. The highest BCUT2D eigenvalue weighted by Crippen LogP contribution is 2.58. The van der Waals surface area contributed by atoms with Crippen LogP contribution in [0.3, 0.4) is 0 Å². The predicted molar refractivity (Wildman–Crippen MR) is 161 cm³/mol. The van der Waals surface area contributed by atoms with E-state index < -0.39 is 46.0 Å². The number of aliphatic hydroxyl groups is 1. The summed E-state index contributed by atoms with van der Waals surface area (Å²) in [6, 6.07) is 13.0. The van der Waals surface area contributed by atoms with Gasteiger partial charge in [-0.25, -0.2) is 9.59 Å². The molecule has 3 aromatic rings. The Morgan fingerprint density at radius 2 is 1.35 bits per heavy atom. The van der Waals surface area contributed by atoms with E-state index in [9.17, 15) is 29.1 Å². The Morgan fingerprint density at radius 3 is 1.84 bits per heavy atom. The first-order valence-corrected chi connectivity index (χ1v) is 14.4. The fraction of sp³-hybridized carbons (Fsp3) is 0.156. The summed E-state index contributed by atoms with van der Waals surface area (Å²) in [6.45, 7) is 5.26. The van der Waals surface area contributed by atoms with E-state index in [-0.39, 0.29) is 50.8 Å². The molecule has 0 radical (unpaired) electrons. The Kier molecular flexibility index (Phi) is 7.74. The molecule has 1 atom stereocenters. The van der Waals surface area contributed by atoms with Gasteiger partial charge in [0.2, 0.25) is 0 Å². The minimum Gasteiger partial charge on any atom is -0.507 e. The fourth-order valence-corrected chi connectivity index (χ4v) is 6.02. The number of fused-ring (bicyclic) bond motifs is 3. The molecule has 0 spiro atoms. The minimum atomic E-state index is -1.79. The lowest BCUT2D eigenvalue weighted by Crippen LogP contribution is -2.39. The topological polar surface area (TPSA) is 133 Å². The molecule has 0 bridgehead atoms. The van der Waals surface area contributed by atoms with Crippen LogP contribution in [0.25, 0.3) is 0 Å². The van der Waals surface area contributed by atoms with Crippen molar-refractivity contribution in [3.63, 3.8) is 0 Å². The van der Waals surface area contributed by atoms with Crippen molar-refractivity contribution >= 4 is 61.1 Å². The number of allylic oxidation sites excluding steroid dienone is 3. The van der Waals surface area contributed by atoms with Crippen LogP contribution in [0.2, 0.25) is 0 Å². The smallest absolute Gasteiger partial charge is 0.344 e. The molecule has 0 amide bonds. The van der Waals surface area contributed by atoms with Gasteiger partial charge in [-0.3, -0.25) is 14.4 Å². The average molecular weight is 710 g/mol. The van der Waals surface area contributed by atoms with Crippen molar-refractivity contribution in [1.29, 1.82) is 0 Å². The van der Waals surface area contributed by atoms with Gasteiger partial charge in [-0.1, -0.05) is 24.3 Å². The molecule has 0 saturated carbocycles. The van der Waals surface area contributed by atoms with E-state index in [0.29, 0.717) is 8.95 Å². The van der Waals surface area contributed by atoms with Gasteiger partial charge in [0, 0.05) is 20.6 Å². The van der Waals surface area contributed by atoms with Crippen LogP contribution >= 0.6 is 31.9 Å². The Bertz CT molecular complexity index is 1870. The van der Waals surface area contributed by atoms with Gasteiger partial charge in [0.1, 0.15) is 39.6 Å². The highest BCUT2D eigenvalue weighted by atomic mass is 79.9. The second-order valence-electron chi connectivity index (χ2n) is 10.0. The number of Topliss-reactive ketones (excluding diaryl/α,β-unsaturated/α-hetero) is 3. The molecular formula is C32H22Br2O9. The van der Waals surface area contributed by atoms with Gasteiger partial charge in [0.25, 0.3) is 0 Å². The van der Waals surface area contributed by atoms with Gasteiger partial charge < -0.3 is 19.3 Å². The van der Waals surface area contributed by atoms with E-state index in [1.54, 1.807) is 36.4 Å². The number of benzene rings is 3. The summed E-state index contributed by atoms with van der Waals surface area (Å²) in [6.07, 6.45) is 1.11. The monoisotopic (exact) mass is 708 g/mol. The number of carbonyl (C=O) groups is 5. The van der Waals surface area contributed by atoms with Crippen LogP contribution in [-0.4, -0.2) is 34.4 Å². The van der Waals surface area contributed by atoms with Gasteiger partial charge in [0.05, 0.1) is 16.7 Å². The molecule has 5 rings (SSSR count). The van der Waals surface area contributed by atoms with Gasteiger partial charge in [0.15, 0.2) is 23.1 Å². The number of hydrogen-bond donors (Lipinski definition) is 1. The predicted octanol–water partition coefficient (Wildman–Crippen LogP) is 6.68. The van der Waals surface area contributed by atoms with Crippen molar-refractivity contribution in [1.82, 2.24) is 0 Å².